The summed E-state index contributed by atoms with van der Waals surface area (Å²) in [6, 6.07) is 13.7. The van der Waals surface area contributed by atoms with Crippen molar-refractivity contribution in [2.75, 3.05) is 38.6 Å². The predicted octanol–water partition coefficient (Wildman–Crippen LogP) is 2.90. The molecule has 2 aromatic carbocycles. The largest absolute Gasteiger partial charge is 0.497 e. The average molecular weight is 486 g/mol. The predicted molar refractivity (Wildman–Crippen MR) is 129 cm³/mol. The van der Waals surface area contributed by atoms with Crippen molar-refractivity contribution in [2.24, 2.45) is 5.92 Å². The fraction of sp³-hybridized carbons (Fsp3) is 0.440. The zero-order valence-electron chi connectivity index (χ0n) is 19.4. The van der Waals surface area contributed by atoms with Crippen LogP contribution in [0.5, 0.6) is 5.75 Å². The lowest BCUT2D eigenvalue weighted by atomic mass is 9.97. The van der Waals surface area contributed by atoms with E-state index in [1.807, 2.05) is 29.2 Å². The van der Waals surface area contributed by atoms with Gasteiger partial charge in [0, 0.05) is 37.8 Å². The zero-order valence-corrected chi connectivity index (χ0v) is 20.2. The van der Waals surface area contributed by atoms with Gasteiger partial charge >= 0.3 is 0 Å². The van der Waals surface area contributed by atoms with Crippen molar-refractivity contribution in [3.8, 4) is 5.75 Å². The molecule has 0 aromatic heterocycles. The van der Waals surface area contributed by atoms with Crippen LogP contribution < -0.4 is 10.1 Å². The van der Waals surface area contributed by atoms with Gasteiger partial charge in [0.2, 0.25) is 21.8 Å². The van der Waals surface area contributed by atoms with Crippen LogP contribution in [0, 0.1) is 5.92 Å². The van der Waals surface area contributed by atoms with Crippen molar-refractivity contribution in [1.29, 1.82) is 0 Å². The number of anilines is 1. The van der Waals surface area contributed by atoms with Crippen LogP contribution in [-0.2, 0) is 26.0 Å². The summed E-state index contributed by atoms with van der Waals surface area (Å²) >= 11 is 0. The lowest BCUT2D eigenvalue weighted by Crippen LogP contribution is -2.41. The minimum atomic E-state index is -3.60. The standard InChI is InChI=1S/C25H31N3O5S/c1-33-22-8-10-23(11-9-22)34(31,32)28-16-12-20(13-17-28)25(30)26-21-6-4-19(5-7-21)18-24(29)27-14-2-3-15-27/h4-11,20H,2-3,12-18H2,1H3,(H,26,30). The highest BCUT2D eigenvalue weighted by atomic mass is 32.2. The molecular formula is C25H31N3O5S. The SMILES string of the molecule is COc1ccc(S(=O)(=O)N2CCC(C(=O)Nc3ccc(CC(=O)N4CCCC4)cc3)CC2)cc1. The van der Waals surface area contributed by atoms with Gasteiger partial charge in [0.05, 0.1) is 18.4 Å². The van der Waals surface area contributed by atoms with E-state index in [1.54, 1.807) is 12.1 Å². The van der Waals surface area contributed by atoms with Gasteiger partial charge in [0.15, 0.2) is 0 Å². The topological polar surface area (TPSA) is 96.0 Å². The average Bonchev–Trinajstić information content (AvgIpc) is 3.41. The van der Waals surface area contributed by atoms with Crippen molar-refractivity contribution < 1.29 is 22.7 Å². The molecular weight excluding hydrogens is 454 g/mol. The van der Waals surface area contributed by atoms with Crippen molar-refractivity contribution in [3.05, 3.63) is 54.1 Å². The number of carbonyl (C=O) groups excluding carboxylic acids is 2. The molecule has 9 heteroatoms. The van der Waals surface area contributed by atoms with E-state index in [2.05, 4.69) is 5.32 Å². The van der Waals surface area contributed by atoms with E-state index < -0.39 is 10.0 Å². The quantitative estimate of drug-likeness (QED) is 0.651. The number of hydrogen-bond donors (Lipinski definition) is 1. The molecule has 2 aromatic rings. The third-order valence-corrected chi connectivity index (χ3v) is 8.47. The van der Waals surface area contributed by atoms with Gasteiger partial charge in [0.25, 0.3) is 0 Å². The maximum absolute atomic E-state index is 12.9. The van der Waals surface area contributed by atoms with E-state index >= 15 is 0 Å². The summed E-state index contributed by atoms with van der Waals surface area (Å²) in [5, 5.41) is 2.93. The van der Waals surface area contributed by atoms with Gasteiger partial charge in [-0.3, -0.25) is 9.59 Å². The molecule has 0 bridgehead atoms. The van der Waals surface area contributed by atoms with Crippen LogP contribution in [0.1, 0.15) is 31.2 Å². The Morgan fingerprint density at radius 3 is 2.15 bits per heavy atom. The molecule has 2 amide bonds. The Morgan fingerprint density at radius 1 is 0.941 bits per heavy atom. The molecule has 0 aliphatic carbocycles. The number of rotatable bonds is 7. The third-order valence-electron chi connectivity index (χ3n) is 6.56. The van der Waals surface area contributed by atoms with Crippen LogP contribution in [0.4, 0.5) is 5.69 Å². The summed E-state index contributed by atoms with van der Waals surface area (Å²) in [6.07, 6.45) is 3.44. The van der Waals surface area contributed by atoms with Crippen molar-refractivity contribution in [3.63, 3.8) is 0 Å². The molecule has 34 heavy (non-hydrogen) atoms. The smallest absolute Gasteiger partial charge is 0.243 e. The molecule has 0 saturated carbocycles. The second-order valence-corrected chi connectivity index (χ2v) is 10.7. The van der Waals surface area contributed by atoms with Gasteiger partial charge < -0.3 is 15.0 Å². The molecule has 0 spiro atoms. The van der Waals surface area contributed by atoms with Crippen LogP contribution in [0.2, 0.25) is 0 Å². The van der Waals surface area contributed by atoms with Gasteiger partial charge in [0.1, 0.15) is 5.75 Å². The van der Waals surface area contributed by atoms with E-state index in [-0.39, 0.29) is 22.6 Å². The fourth-order valence-corrected chi connectivity index (χ4v) is 5.93. The van der Waals surface area contributed by atoms with E-state index in [0.717, 1.165) is 31.5 Å². The molecule has 0 unspecified atom stereocenters. The highest BCUT2D eigenvalue weighted by molar-refractivity contribution is 7.89. The second kappa shape index (κ2) is 10.6. The van der Waals surface area contributed by atoms with Gasteiger partial charge in [-0.25, -0.2) is 8.42 Å². The summed E-state index contributed by atoms with van der Waals surface area (Å²) in [7, 11) is -2.07. The molecule has 8 nitrogen and oxygen atoms in total. The summed E-state index contributed by atoms with van der Waals surface area (Å²) in [5.41, 5.74) is 1.60. The van der Waals surface area contributed by atoms with E-state index in [0.29, 0.717) is 43.8 Å². The summed E-state index contributed by atoms with van der Waals surface area (Å²) in [5.74, 6) is 0.382. The number of carbonyl (C=O) groups is 2. The molecule has 1 N–H and O–H groups in total. The Kier molecular flexibility index (Phi) is 7.53. The van der Waals surface area contributed by atoms with Gasteiger partial charge in [-0.2, -0.15) is 4.31 Å². The Balaban J connectivity index is 1.28. The number of nitrogens with zero attached hydrogens (tertiary/aromatic N) is 2. The molecule has 4 rings (SSSR count). The second-order valence-electron chi connectivity index (χ2n) is 8.80. The Morgan fingerprint density at radius 2 is 1.56 bits per heavy atom. The maximum Gasteiger partial charge on any atom is 0.243 e. The molecule has 182 valence electrons. The molecule has 0 radical (unpaired) electrons. The minimum Gasteiger partial charge on any atom is -0.497 e. The van der Waals surface area contributed by atoms with Crippen LogP contribution in [0.15, 0.2) is 53.4 Å². The molecule has 2 fully saturated rings. The van der Waals surface area contributed by atoms with E-state index in [4.69, 9.17) is 4.74 Å². The number of hydrogen-bond acceptors (Lipinski definition) is 5. The highest BCUT2D eigenvalue weighted by Crippen LogP contribution is 2.26. The Bertz CT molecular complexity index is 1100. The van der Waals surface area contributed by atoms with Gasteiger partial charge in [-0.05, 0) is 67.6 Å². The van der Waals surface area contributed by atoms with Gasteiger partial charge in [-0.1, -0.05) is 12.1 Å². The summed E-state index contributed by atoms with van der Waals surface area (Å²) < 4.78 is 32.3. The Hall–Kier alpha value is -2.91. The fourth-order valence-electron chi connectivity index (χ4n) is 4.46. The number of ether oxygens (including phenoxy) is 1. The monoisotopic (exact) mass is 485 g/mol. The number of sulfonamides is 1. The number of nitrogens with one attached hydrogen (secondary N) is 1. The summed E-state index contributed by atoms with van der Waals surface area (Å²) in [6.45, 7) is 2.27. The van der Waals surface area contributed by atoms with Crippen LogP contribution >= 0.6 is 0 Å². The third kappa shape index (κ3) is 5.59. The number of methoxy groups -OCH3 is 1. The van der Waals surface area contributed by atoms with Crippen LogP contribution in [-0.4, -0.2) is 62.7 Å². The number of piperidine rings is 1. The molecule has 2 aliphatic rings. The van der Waals surface area contributed by atoms with Crippen molar-refractivity contribution in [1.82, 2.24) is 9.21 Å². The van der Waals surface area contributed by atoms with E-state index in [1.165, 1.54) is 23.5 Å². The van der Waals surface area contributed by atoms with Crippen LogP contribution in [0.25, 0.3) is 0 Å². The lowest BCUT2D eigenvalue weighted by Gasteiger charge is -2.30. The minimum absolute atomic E-state index is 0.109. The normalized spacial score (nSPS) is 17.5. The Labute approximate surface area is 200 Å². The molecule has 2 aliphatic heterocycles. The lowest BCUT2D eigenvalue weighted by molar-refractivity contribution is -0.129. The first kappa shape index (κ1) is 24.2. The number of likely N-dealkylation sites (tertiary alicyclic amines) is 1. The first-order valence-corrected chi connectivity index (χ1v) is 13.1. The molecule has 0 atom stereocenters. The number of benzene rings is 2. The van der Waals surface area contributed by atoms with E-state index in [9.17, 15) is 18.0 Å². The van der Waals surface area contributed by atoms with Crippen LogP contribution in [0.3, 0.4) is 0 Å². The maximum atomic E-state index is 12.9. The highest BCUT2D eigenvalue weighted by Gasteiger charge is 2.32. The number of amides is 2. The zero-order chi connectivity index (χ0) is 24.1. The van der Waals surface area contributed by atoms with Crippen molar-refractivity contribution >= 4 is 27.5 Å². The van der Waals surface area contributed by atoms with Gasteiger partial charge in [-0.15, -0.1) is 0 Å². The van der Waals surface area contributed by atoms with Crippen molar-refractivity contribution in [2.45, 2.75) is 37.0 Å². The first-order valence-electron chi connectivity index (χ1n) is 11.7. The molecule has 2 heterocycles. The molecule has 2 saturated heterocycles. The summed E-state index contributed by atoms with van der Waals surface area (Å²) in [4.78, 5) is 27.2. The first-order chi connectivity index (χ1) is 16.4.